The molecule has 1 fully saturated rings. The van der Waals surface area contributed by atoms with Crippen LogP contribution in [0.1, 0.15) is 29.0 Å². The first-order valence-electron chi connectivity index (χ1n) is 11.2. The van der Waals surface area contributed by atoms with Crippen LogP contribution in [0, 0.1) is 0 Å². The van der Waals surface area contributed by atoms with E-state index in [1.165, 1.54) is 6.21 Å². The van der Waals surface area contributed by atoms with Gasteiger partial charge in [-0.25, -0.2) is 5.43 Å². The van der Waals surface area contributed by atoms with Crippen LogP contribution in [0.15, 0.2) is 77.9 Å². The summed E-state index contributed by atoms with van der Waals surface area (Å²) in [7, 11) is 1.56. The molecule has 0 saturated carbocycles. The number of methoxy groups -OCH3 is 1. The number of ether oxygens (including phenoxy) is 2. The number of carbonyl (C=O) groups excluding carboxylic acids is 2. The third kappa shape index (κ3) is 6.61. The second-order valence-corrected chi connectivity index (χ2v) is 8.64. The molecule has 1 aliphatic heterocycles. The Bertz CT molecular complexity index is 1200. The van der Waals surface area contributed by atoms with E-state index in [9.17, 15) is 9.59 Å². The molecular weight excluding hydrogens is 466 g/mol. The van der Waals surface area contributed by atoms with Gasteiger partial charge in [0.15, 0.2) is 11.5 Å². The molecule has 7 nitrogen and oxygen atoms in total. The van der Waals surface area contributed by atoms with E-state index in [0.29, 0.717) is 36.1 Å². The fourth-order valence-corrected chi connectivity index (χ4v) is 4.01. The minimum Gasteiger partial charge on any atom is -0.493 e. The van der Waals surface area contributed by atoms with Gasteiger partial charge in [0, 0.05) is 23.9 Å². The molecular formula is C27H26ClN3O4. The fourth-order valence-electron chi connectivity index (χ4n) is 3.89. The van der Waals surface area contributed by atoms with Gasteiger partial charge in [0.2, 0.25) is 5.91 Å². The smallest absolute Gasteiger partial charge is 0.259 e. The van der Waals surface area contributed by atoms with Crippen LogP contribution in [0.3, 0.4) is 0 Å². The number of carbonyl (C=O) groups is 2. The van der Waals surface area contributed by atoms with Gasteiger partial charge in [-0.15, -0.1) is 0 Å². The van der Waals surface area contributed by atoms with E-state index in [4.69, 9.17) is 21.1 Å². The standard InChI is InChI=1S/C27H26ClN3O4/c1-34-25-13-20(9-12-24(25)35-18-19-7-10-23(28)11-8-19)15-29-30-26(32)17-31-16-22(14-27(31)33)21-5-3-2-4-6-21/h2-13,15,22H,14,16-18H2,1H3,(H,30,32)/b29-15-/t22-/m1/s1. The number of hydrazone groups is 1. The lowest BCUT2D eigenvalue weighted by Crippen LogP contribution is -2.36. The molecule has 0 bridgehead atoms. The first-order chi connectivity index (χ1) is 17.0. The lowest BCUT2D eigenvalue weighted by atomic mass is 9.99. The summed E-state index contributed by atoms with van der Waals surface area (Å²) in [5.74, 6) is 0.857. The van der Waals surface area contributed by atoms with Crippen molar-refractivity contribution in [2.75, 3.05) is 20.2 Å². The zero-order chi connectivity index (χ0) is 24.6. The van der Waals surface area contributed by atoms with E-state index in [-0.39, 0.29) is 24.3 Å². The summed E-state index contributed by atoms with van der Waals surface area (Å²) in [5, 5.41) is 4.69. The van der Waals surface area contributed by atoms with Gasteiger partial charge in [-0.05, 0) is 47.0 Å². The molecule has 1 saturated heterocycles. The highest BCUT2D eigenvalue weighted by Crippen LogP contribution is 2.29. The van der Waals surface area contributed by atoms with Gasteiger partial charge in [0.05, 0.1) is 13.3 Å². The molecule has 2 amide bonds. The molecule has 0 spiro atoms. The Morgan fingerprint density at radius 3 is 2.63 bits per heavy atom. The van der Waals surface area contributed by atoms with Crippen molar-refractivity contribution in [1.82, 2.24) is 10.3 Å². The van der Waals surface area contributed by atoms with E-state index in [0.717, 1.165) is 16.7 Å². The number of likely N-dealkylation sites (tertiary alicyclic amines) is 1. The molecule has 8 heteroatoms. The number of hydrogen-bond donors (Lipinski definition) is 1. The number of nitrogens with zero attached hydrogens (tertiary/aromatic N) is 2. The molecule has 0 unspecified atom stereocenters. The van der Waals surface area contributed by atoms with Crippen molar-refractivity contribution in [3.05, 3.63) is 94.5 Å². The van der Waals surface area contributed by atoms with Crippen LogP contribution < -0.4 is 14.9 Å². The summed E-state index contributed by atoms with van der Waals surface area (Å²) in [5.41, 5.74) is 5.31. The van der Waals surface area contributed by atoms with E-state index in [1.54, 1.807) is 24.1 Å². The first-order valence-corrected chi connectivity index (χ1v) is 11.6. The van der Waals surface area contributed by atoms with E-state index < -0.39 is 0 Å². The fraction of sp³-hybridized carbons (Fsp3) is 0.222. The Kier molecular flexibility index (Phi) is 8.00. The summed E-state index contributed by atoms with van der Waals surface area (Å²) in [4.78, 5) is 26.2. The minimum absolute atomic E-state index is 0.0275. The number of nitrogens with one attached hydrogen (secondary N) is 1. The van der Waals surface area contributed by atoms with E-state index in [2.05, 4.69) is 10.5 Å². The van der Waals surface area contributed by atoms with E-state index in [1.807, 2.05) is 60.7 Å². The molecule has 1 heterocycles. The molecule has 3 aromatic carbocycles. The number of rotatable bonds is 9. The third-order valence-electron chi connectivity index (χ3n) is 5.72. The normalized spacial score (nSPS) is 15.4. The summed E-state index contributed by atoms with van der Waals surface area (Å²) in [6.45, 7) is 0.867. The predicted octanol–water partition coefficient (Wildman–Crippen LogP) is 4.39. The molecule has 0 radical (unpaired) electrons. The van der Waals surface area contributed by atoms with Crippen molar-refractivity contribution in [2.24, 2.45) is 5.10 Å². The molecule has 1 aliphatic rings. The highest BCUT2D eigenvalue weighted by Gasteiger charge is 2.31. The lowest BCUT2D eigenvalue weighted by Gasteiger charge is -2.15. The zero-order valence-electron chi connectivity index (χ0n) is 19.3. The van der Waals surface area contributed by atoms with Crippen LogP contribution in [-0.4, -0.2) is 43.1 Å². The SMILES string of the molecule is COc1cc(/C=N\NC(=O)CN2C[C@H](c3ccccc3)CC2=O)ccc1OCc1ccc(Cl)cc1. The van der Waals surface area contributed by atoms with Gasteiger partial charge in [-0.2, -0.15) is 5.10 Å². The number of benzene rings is 3. The van der Waals surface area contributed by atoms with Gasteiger partial charge < -0.3 is 14.4 Å². The Hall–Kier alpha value is -3.84. The number of hydrogen-bond acceptors (Lipinski definition) is 5. The Morgan fingerprint density at radius 2 is 1.89 bits per heavy atom. The third-order valence-corrected chi connectivity index (χ3v) is 5.97. The van der Waals surface area contributed by atoms with Crippen molar-refractivity contribution in [3.8, 4) is 11.5 Å². The Balaban J connectivity index is 1.28. The monoisotopic (exact) mass is 491 g/mol. The van der Waals surface area contributed by atoms with Gasteiger partial charge in [-0.3, -0.25) is 9.59 Å². The van der Waals surface area contributed by atoms with Crippen LogP contribution >= 0.6 is 11.6 Å². The van der Waals surface area contributed by atoms with Crippen molar-refractivity contribution < 1.29 is 19.1 Å². The van der Waals surface area contributed by atoms with Crippen LogP contribution in [0.5, 0.6) is 11.5 Å². The van der Waals surface area contributed by atoms with Gasteiger partial charge >= 0.3 is 0 Å². The summed E-state index contributed by atoms with van der Waals surface area (Å²) in [6, 6.07) is 22.7. The second-order valence-electron chi connectivity index (χ2n) is 8.20. The average molecular weight is 492 g/mol. The second kappa shape index (κ2) is 11.5. The maximum atomic E-state index is 12.3. The maximum Gasteiger partial charge on any atom is 0.259 e. The van der Waals surface area contributed by atoms with Crippen molar-refractivity contribution in [3.63, 3.8) is 0 Å². The molecule has 0 aromatic heterocycles. The summed E-state index contributed by atoms with van der Waals surface area (Å²) >= 11 is 5.92. The molecule has 4 rings (SSSR count). The highest BCUT2D eigenvalue weighted by molar-refractivity contribution is 6.30. The largest absolute Gasteiger partial charge is 0.493 e. The molecule has 0 aliphatic carbocycles. The first kappa shape index (κ1) is 24.3. The Labute approximate surface area is 209 Å². The van der Waals surface area contributed by atoms with Crippen molar-refractivity contribution in [2.45, 2.75) is 18.9 Å². The van der Waals surface area contributed by atoms with Crippen LogP contribution in [0.2, 0.25) is 5.02 Å². The molecule has 1 atom stereocenters. The lowest BCUT2D eigenvalue weighted by molar-refractivity contribution is -0.133. The average Bonchev–Trinajstić information content (AvgIpc) is 3.24. The summed E-state index contributed by atoms with van der Waals surface area (Å²) in [6.07, 6.45) is 1.93. The highest BCUT2D eigenvalue weighted by atomic mass is 35.5. The van der Waals surface area contributed by atoms with Crippen LogP contribution in [0.25, 0.3) is 0 Å². The van der Waals surface area contributed by atoms with Crippen molar-refractivity contribution in [1.29, 1.82) is 0 Å². The molecule has 35 heavy (non-hydrogen) atoms. The topological polar surface area (TPSA) is 80.2 Å². The number of halogens is 1. The van der Waals surface area contributed by atoms with Crippen molar-refractivity contribution >= 4 is 29.6 Å². The molecule has 180 valence electrons. The maximum absolute atomic E-state index is 12.3. The Morgan fingerprint density at radius 1 is 1.11 bits per heavy atom. The number of amides is 2. The van der Waals surface area contributed by atoms with Crippen LogP contribution in [-0.2, 0) is 16.2 Å². The van der Waals surface area contributed by atoms with Crippen LogP contribution in [0.4, 0.5) is 0 Å². The molecule has 3 aromatic rings. The predicted molar refractivity (Wildman–Crippen MR) is 135 cm³/mol. The summed E-state index contributed by atoms with van der Waals surface area (Å²) < 4.78 is 11.3. The zero-order valence-corrected chi connectivity index (χ0v) is 20.1. The van der Waals surface area contributed by atoms with Gasteiger partial charge in [0.25, 0.3) is 5.91 Å². The van der Waals surface area contributed by atoms with Gasteiger partial charge in [-0.1, -0.05) is 54.1 Å². The molecule has 1 N–H and O–H groups in total. The van der Waals surface area contributed by atoms with Gasteiger partial charge in [0.1, 0.15) is 13.2 Å². The minimum atomic E-state index is -0.349. The quantitative estimate of drug-likeness (QED) is 0.355. The van der Waals surface area contributed by atoms with E-state index >= 15 is 0 Å².